The van der Waals surface area contributed by atoms with E-state index in [1.54, 1.807) is 0 Å². The Labute approximate surface area is 69.0 Å². The zero-order valence-electron chi connectivity index (χ0n) is 5.75. The molecule has 0 amide bonds. The van der Waals surface area contributed by atoms with Crippen LogP contribution in [0.3, 0.4) is 0 Å². The van der Waals surface area contributed by atoms with Gasteiger partial charge in [-0.15, -0.1) is 0 Å². The predicted octanol–water partition coefficient (Wildman–Crippen LogP) is 1.39. The zero-order valence-corrected chi connectivity index (χ0v) is 7.34. The van der Waals surface area contributed by atoms with Gasteiger partial charge in [-0.05, 0) is 18.3 Å². The molecule has 2 atom stereocenters. The number of alkyl halides is 1. The predicted molar refractivity (Wildman–Crippen MR) is 41.1 cm³/mol. The third-order valence-electron chi connectivity index (χ3n) is 2.19. The number of hydrogen-bond acceptors (Lipinski definition) is 2. The van der Waals surface area contributed by atoms with Crippen LogP contribution in [0.2, 0.25) is 0 Å². The van der Waals surface area contributed by atoms with Crippen LogP contribution in [0.25, 0.3) is 0 Å². The Balaban J connectivity index is 1.84. The van der Waals surface area contributed by atoms with Crippen molar-refractivity contribution in [2.24, 2.45) is 11.8 Å². The Morgan fingerprint density at radius 1 is 1.20 bits per heavy atom. The standard InChI is InChI=1S/C7H11BrO2/c8-2-7-9-3-5-1-6(5)4-10-7/h5-7H,1-4H2. The van der Waals surface area contributed by atoms with Crippen molar-refractivity contribution in [1.29, 1.82) is 0 Å². The van der Waals surface area contributed by atoms with Gasteiger partial charge in [-0.25, -0.2) is 0 Å². The first-order valence-electron chi connectivity index (χ1n) is 3.69. The molecule has 0 bridgehead atoms. The van der Waals surface area contributed by atoms with Crippen molar-refractivity contribution < 1.29 is 9.47 Å². The maximum absolute atomic E-state index is 5.44. The summed E-state index contributed by atoms with van der Waals surface area (Å²) in [6.07, 6.45) is 1.32. The zero-order chi connectivity index (χ0) is 6.97. The van der Waals surface area contributed by atoms with Crippen LogP contribution in [-0.2, 0) is 9.47 Å². The van der Waals surface area contributed by atoms with Crippen LogP contribution in [0.5, 0.6) is 0 Å². The van der Waals surface area contributed by atoms with Crippen LogP contribution in [0, 0.1) is 11.8 Å². The van der Waals surface area contributed by atoms with E-state index in [2.05, 4.69) is 15.9 Å². The fourth-order valence-corrected chi connectivity index (χ4v) is 1.69. The number of halogens is 1. The highest BCUT2D eigenvalue weighted by Crippen LogP contribution is 2.40. The molecule has 1 saturated carbocycles. The molecule has 2 nitrogen and oxygen atoms in total. The summed E-state index contributed by atoms with van der Waals surface area (Å²) in [4.78, 5) is 0. The Hall–Kier alpha value is 0.400. The maximum Gasteiger partial charge on any atom is 0.167 e. The van der Waals surface area contributed by atoms with Crippen molar-refractivity contribution in [1.82, 2.24) is 0 Å². The lowest BCUT2D eigenvalue weighted by molar-refractivity contribution is -0.117. The average Bonchev–Trinajstić information content (AvgIpc) is 2.63. The van der Waals surface area contributed by atoms with Crippen LogP contribution < -0.4 is 0 Å². The van der Waals surface area contributed by atoms with E-state index in [1.807, 2.05) is 0 Å². The SMILES string of the molecule is BrCC1OCC2CC2CO1. The minimum Gasteiger partial charge on any atom is -0.351 e. The quantitative estimate of drug-likeness (QED) is 0.605. The fraction of sp³-hybridized carbons (Fsp3) is 1.00. The minimum atomic E-state index is 0.00722. The van der Waals surface area contributed by atoms with E-state index in [4.69, 9.17) is 9.47 Å². The number of rotatable bonds is 1. The Morgan fingerprint density at radius 2 is 1.80 bits per heavy atom. The lowest BCUT2D eigenvalue weighted by Crippen LogP contribution is -2.18. The molecule has 0 spiro atoms. The first-order chi connectivity index (χ1) is 4.90. The molecule has 2 fully saturated rings. The second-order valence-electron chi connectivity index (χ2n) is 3.01. The molecule has 1 saturated heterocycles. The van der Waals surface area contributed by atoms with Crippen molar-refractivity contribution >= 4 is 15.9 Å². The summed E-state index contributed by atoms with van der Waals surface area (Å²) in [6, 6.07) is 0. The van der Waals surface area contributed by atoms with E-state index < -0.39 is 0 Å². The van der Waals surface area contributed by atoms with Crippen molar-refractivity contribution in [3.05, 3.63) is 0 Å². The largest absolute Gasteiger partial charge is 0.351 e. The summed E-state index contributed by atoms with van der Waals surface area (Å²) in [5.74, 6) is 1.62. The van der Waals surface area contributed by atoms with Crippen LogP contribution in [-0.4, -0.2) is 24.8 Å². The molecule has 10 heavy (non-hydrogen) atoms. The molecule has 0 aromatic heterocycles. The molecule has 58 valence electrons. The summed E-state index contributed by atoms with van der Waals surface area (Å²) in [6.45, 7) is 1.81. The molecule has 3 heteroatoms. The molecule has 1 aliphatic heterocycles. The van der Waals surface area contributed by atoms with E-state index >= 15 is 0 Å². The second-order valence-corrected chi connectivity index (χ2v) is 3.65. The van der Waals surface area contributed by atoms with Gasteiger partial charge in [-0.2, -0.15) is 0 Å². The molecule has 0 N–H and O–H groups in total. The average molecular weight is 207 g/mol. The summed E-state index contributed by atoms with van der Waals surface area (Å²) in [5.41, 5.74) is 0. The fourth-order valence-electron chi connectivity index (χ4n) is 1.32. The van der Waals surface area contributed by atoms with Crippen LogP contribution >= 0.6 is 15.9 Å². The van der Waals surface area contributed by atoms with Gasteiger partial charge in [0.2, 0.25) is 0 Å². The van der Waals surface area contributed by atoms with Crippen LogP contribution in [0.4, 0.5) is 0 Å². The first kappa shape index (κ1) is 7.07. The molecule has 2 rings (SSSR count). The molecular weight excluding hydrogens is 196 g/mol. The van der Waals surface area contributed by atoms with Crippen LogP contribution in [0.15, 0.2) is 0 Å². The molecular formula is C7H11BrO2. The highest BCUT2D eigenvalue weighted by atomic mass is 79.9. The van der Waals surface area contributed by atoms with Gasteiger partial charge in [0.25, 0.3) is 0 Å². The first-order valence-corrected chi connectivity index (χ1v) is 4.81. The minimum absolute atomic E-state index is 0.00722. The van der Waals surface area contributed by atoms with Gasteiger partial charge < -0.3 is 9.47 Å². The summed E-state index contributed by atoms with van der Waals surface area (Å²) >= 11 is 3.33. The molecule has 0 aromatic carbocycles. The smallest absolute Gasteiger partial charge is 0.167 e. The molecule has 1 heterocycles. The van der Waals surface area contributed by atoms with E-state index in [0.29, 0.717) is 0 Å². The Bertz CT molecular complexity index is 117. The number of hydrogen-bond donors (Lipinski definition) is 0. The summed E-state index contributed by atoms with van der Waals surface area (Å²) in [5, 5.41) is 0.798. The molecule has 0 aromatic rings. The van der Waals surface area contributed by atoms with E-state index in [9.17, 15) is 0 Å². The van der Waals surface area contributed by atoms with Gasteiger partial charge in [-0.1, -0.05) is 15.9 Å². The summed E-state index contributed by atoms with van der Waals surface area (Å²) < 4.78 is 10.9. The third kappa shape index (κ3) is 1.36. The molecule has 2 aliphatic rings. The van der Waals surface area contributed by atoms with E-state index in [1.165, 1.54) is 6.42 Å². The second kappa shape index (κ2) is 2.80. The highest BCUT2D eigenvalue weighted by Gasteiger charge is 2.40. The normalized spacial score (nSPS) is 45.9. The lowest BCUT2D eigenvalue weighted by Gasteiger charge is -2.12. The van der Waals surface area contributed by atoms with Crippen molar-refractivity contribution in [3.63, 3.8) is 0 Å². The highest BCUT2D eigenvalue weighted by molar-refractivity contribution is 9.09. The monoisotopic (exact) mass is 206 g/mol. The Kier molecular flexibility index (Phi) is 1.98. The van der Waals surface area contributed by atoms with Crippen molar-refractivity contribution in [2.75, 3.05) is 18.5 Å². The van der Waals surface area contributed by atoms with Crippen molar-refractivity contribution in [2.45, 2.75) is 12.7 Å². The molecule has 1 aliphatic carbocycles. The van der Waals surface area contributed by atoms with Crippen LogP contribution in [0.1, 0.15) is 6.42 Å². The Morgan fingerprint density at radius 3 is 2.30 bits per heavy atom. The van der Waals surface area contributed by atoms with Crippen molar-refractivity contribution in [3.8, 4) is 0 Å². The van der Waals surface area contributed by atoms with E-state index in [-0.39, 0.29) is 6.29 Å². The van der Waals surface area contributed by atoms with Gasteiger partial charge in [0.1, 0.15) is 0 Å². The topological polar surface area (TPSA) is 18.5 Å². The van der Waals surface area contributed by atoms with E-state index in [0.717, 1.165) is 30.4 Å². The van der Waals surface area contributed by atoms with Gasteiger partial charge >= 0.3 is 0 Å². The van der Waals surface area contributed by atoms with Gasteiger partial charge in [0, 0.05) is 0 Å². The molecule has 2 unspecified atom stereocenters. The third-order valence-corrected chi connectivity index (χ3v) is 2.72. The summed E-state index contributed by atoms with van der Waals surface area (Å²) in [7, 11) is 0. The number of ether oxygens (including phenoxy) is 2. The number of fused-ring (bicyclic) bond motifs is 1. The lowest BCUT2D eigenvalue weighted by atomic mass is 10.3. The maximum atomic E-state index is 5.44. The van der Waals surface area contributed by atoms with Gasteiger partial charge in [-0.3, -0.25) is 0 Å². The molecule has 0 radical (unpaired) electrons. The van der Waals surface area contributed by atoms with Gasteiger partial charge in [0.05, 0.1) is 18.5 Å². The van der Waals surface area contributed by atoms with Gasteiger partial charge in [0.15, 0.2) is 6.29 Å².